The molecule has 152 valence electrons. The number of hydrogen-bond donors (Lipinski definition) is 2. The van der Waals surface area contributed by atoms with Gasteiger partial charge in [-0.15, -0.1) is 0 Å². The Bertz CT molecular complexity index is 465. The second-order valence-corrected chi connectivity index (χ2v) is 7.09. The van der Waals surface area contributed by atoms with E-state index in [0.29, 0.717) is 32.1 Å². The van der Waals surface area contributed by atoms with Crippen LogP contribution < -0.4 is 0 Å². The van der Waals surface area contributed by atoms with E-state index in [2.05, 4.69) is 4.74 Å². The maximum atomic E-state index is 11.4. The molecule has 0 aromatic carbocycles. The number of ether oxygens (including phenoxy) is 2. The van der Waals surface area contributed by atoms with Gasteiger partial charge < -0.3 is 19.7 Å². The van der Waals surface area contributed by atoms with Gasteiger partial charge in [0.2, 0.25) is 5.79 Å². The molecule has 2 N–H and O–H groups in total. The van der Waals surface area contributed by atoms with Crippen LogP contribution in [0.1, 0.15) is 59.3 Å². The van der Waals surface area contributed by atoms with E-state index in [1.165, 1.54) is 7.11 Å². The van der Waals surface area contributed by atoms with E-state index in [0.717, 1.165) is 5.57 Å². The number of rotatable bonds is 10. The fourth-order valence-corrected chi connectivity index (χ4v) is 3.15. The predicted octanol–water partition coefficient (Wildman–Crippen LogP) is 2.50. The predicted molar refractivity (Wildman–Crippen MR) is 96.0 cm³/mol. The first-order valence-corrected chi connectivity index (χ1v) is 9.27. The number of aliphatic hydroxyl groups is 2. The number of methoxy groups -OCH3 is 2. The largest absolute Gasteiger partial charge is 0.469 e. The van der Waals surface area contributed by atoms with Crippen molar-refractivity contribution in [1.29, 1.82) is 0 Å². The molecule has 7 heteroatoms. The van der Waals surface area contributed by atoms with Gasteiger partial charge in [0.05, 0.1) is 25.7 Å². The van der Waals surface area contributed by atoms with Crippen LogP contribution in [0.5, 0.6) is 0 Å². The van der Waals surface area contributed by atoms with Crippen LogP contribution in [0.4, 0.5) is 0 Å². The summed E-state index contributed by atoms with van der Waals surface area (Å²) in [5.74, 6) is -1.16. The molecule has 26 heavy (non-hydrogen) atoms. The molecule has 5 atom stereocenters. The third-order valence-electron chi connectivity index (χ3n) is 4.98. The van der Waals surface area contributed by atoms with Gasteiger partial charge in [0, 0.05) is 20.0 Å². The standard InChI is InChI=1S/C19H34O7/c1-6-16(21)13(2)10-15(20)8-7-9-19(24-5)12-14(3)17(25-26-19)11-18(22)23-4/h10,14-17,20-21H,6-9,11-12H2,1-5H3/b13-10+/t14-,15-,16-,17-,19+/m0/s1. The van der Waals surface area contributed by atoms with Gasteiger partial charge in [-0.05, 0) is 37.7 Å². The highest BCUT2D eigenvalue weighted by molar-refractivity contribution is 5.69. The zero-order valence-corrected chi connectivity index (χ0v) is 16.6. The Morgan fingerprint density at radius 1 is 1.38 bits per heavy atom. The quantitative estimate of drug-likeness (QED) is 0.345. The van der Waals surface area contributed by atoms with Gasteiger partial charge in [-0.2, -0.15) is 0 Å². The van der Waals surface area contributed by atoms with E-state index in [4.69, 9.17) is 14.5 Å². The summed E-state index contributed by atoms with van der Waals surface area (Å²) in [6, 6.07) is 0. The van der Waals surface area contributed by atoms with E-state index >= 15 is 0 Å². The summed E-state index contributed by atoms with van der Waals surface area (Å²) in [5, 5.41) is 19.9. The maximum absolute atomic E-state index is 11.4. The Kier molecular flexibility index (Phi) is 9.74. The second-order valence-electron chi connectivity index (χ2n) is 7.09. The maximum Gasteiger partial charge on any atom is 0.308 e. The van der Waals surface area contributed by atoms with Crippen molar-refractivity contribution in [1.82, 2.24) is 0 Å². The van der Waals surface area contributed by atoms with Gasteiger partial charge in [-0.3, -0.25) is 4.79 Å². The number of hydrogen-bond acceptors (Lipinski definition) is 7. The van der Waals surface area contributed by atoms with Gasteiger partial charge in [0.1, 0.15) is 6.10 Å². The van der Waals surface area contributed by atoms with E-state index in [1.807, 2.05) is 20.8 Å². The van der Waals surface area contributed by atoms with Crippen molar-refractivity contribution in [2.24, 2.45) is 5.92 Å². The minimum absolute atomic E-state index is 0.0644. The highest BCUT2D eigenvalue weighted by atomic mass is 17.2. The van der Waals surface area contributed by atoms with Crippen LogP contribution in [-0.2, 0) is 24.0 Å². The van der Waals surface area contributed by atoms with Crippen LogP contribution in [0.2, 0.25) is 0 Å². The fraction of sp³-hybridized carbons (Fsp3) is 0.842. The molecule has 0 saturated carbocycles. The summed E-state index contributed by atoms with van der Waals surface area (Å²) in [5.41, 5.74) is 0.776. The van der Waals surface area contributed by atoms with Crippen LogP contribution in [-0.4, -0.2) is 54.5 Å². The molecule has 0 spiro atoms. The summed E-state index contributed by atoms with van der Waals surface area (Å²) >= 11 is 0. The average molecular weight is 374 g/mol. The van der Waals surface area contributed by atoms with E-state index in [1.54, 1.807) is 13.2 Å². The number of esters is 1. The van der Waals surface area contributed by atoms with Crippen molar-refractivity contribution in [2.45, 2.75) is 83.4 Å². The molecule has 0 radical (unpaired) electrons. The zero-order chi connectivity index (χ0) is 19.7. The van der Waals surface area contributed by atoms with E-state index < -0.39 is 18.0 Å². The van der Waals surface area contributed by atoms with E-state index in [-0.39, 0.29) is 24.4 Å². The summed E-state index contributed by atoms with van der Waals surface area (Å²) in [7, 11) is 2.91. The van der Waals surface area contributed by atoms with Gasteiger partial charge >= 0.3 is 5.97 Å². The van der Waals surface area contributed by atoms with Crippen molar-refractivity contribution in [3.63, 3.8) is 0 Å². The molecule has 0 aromatic rings. The Morgan fingerprint density at radius 3 is 2.62 bits per heavy atom. The minimum atomic E-state index is -0.882. The highest BCUT2D eigenvalue weighted by Gasteiger charge is 2.42. The van der Waals surface area contributed by atoms with Gasteiger partial charge in [-0.25, -0.2) is 9.78 Å². The smallest absolute Gasteiger partial charge is 0.308 e. The Hall–Kier alpha value is -0.990. The third-order valence-corrected chi connectivity index (χ3v) is 4.98. The van der Waals surface area contributed by atoms with Crippen molar-refractivity contribution in [3.05, 3.63) is 11.6 Å². The molecule has 1 heterocycles. The summed E-state index contributed by atoms with van der Waals surface area (Å²) < 4.78 is 10.2. The molecule has 0 unspecified atom stereocenters. The van der Waals surface area contributed by atoms with Crippen molar-refractivity contribution in [2.75, 3.05) is 14.2 Å². The van der Waals surface area contributed by atoms with Crippen LogP contribution >= 0.6 is 0 Å². The lowest BCUT2D eigenvalue weighted by molar-refractivity contribution is -0.475. The number of carbonyl (C=O) groups is 1. The molecular weight excluding hydrogens is 340 g/mol. The molecule has 1 saturated heterocycles. The molecule has 1 aliphatic rings. The van der Waals surface area contributed by atoms with Crippen molar-refractivity contribution in [3.8, 4) is 0 Å². The summed E-state index contributed by atoms with van der Waals surface area (Å²) in [4.78, 5) is 22.3. The molecule has 0 amide bonds. The molecule has 0 aromatic heterocycles. The lowest BCUT2D eigenvalue weighted by atomic mass is 9.89. The SMILES string of the molecule is CC[C@H](O)/C(C)=C/[C@@H](O)CCC[C@]1(OC)C[C@H](C)[C@H](CC(=O)OC)OO1. The van der Waals surface area contributed by atoms with Crippen molar-refractivity contribution < 1.29 is 34.3 Å². The topological polar surface area (TPSA) is 94.5 Å². The van der Waals surface area contributed by atoms with Crippen LogP contribution in [0.25, 0.3) is 0 Å². The fourth-order valence-electron chi connectivity index (χ4n) is 3.15. The molecule has 1 rings (SSSR count). The van der Waals surface area contributed by atoms with E-state index in [9.17, 15) is 15.0 Å². The molecule has 0 aliphatic carbocycles. The molecule has 1 fully saturated rings. The van der Waals surface area contributed by atoms with Gasteiger partial charge in [-0.1, -0.05) is 19.9 Å². The van der Waals surface area contributed by atoms with Gasteiger partial charge in [0.25, 0.3) is 0 Å². The highest BCUT2D eigenvalue weighted by Crippen LogP contribution is 2.37. The van der Waals surface area contributed by atoms with Crippen LogP contribution in [0.3, 0.4) is 0 Å². The normalized spacial score (nSPS) is 29.3. The Labute approximate surface area is 156 Å². The van der Waals surface area contributed by atoms with Crippen LogP contribution in [0, 0.1) is 5.92 Å². The zero-order valence-electron chi connectivity index (χ0n) is 16.6. The first-order chi connectivity index (χ1) is 12.3. The first kappa shape index (κ1) is 23.0. The summed E-state index contributed by atoms with van der Waals surface area (Å²) in [6.07, 6.45) is 3.29. The Morgan fingerprint density at radius 2 is 2.08 bits per heavy atom. The number of aliphatic hydroxyl groups excluding tert-OH is 2. The summed E-state index contributed by atoms with van der Waals surface area (Å²) in [6.45, 7) is 5.69. The third kappa shape index (κ3) is 6.96. The second kappa shape index (κ2) is 11.0. The first-order valence-electron chi connectivity index (χ1n) is 9.27. The van der Waals surface area contributed by atoms with Gasteiger partial charge in [0.15, 0.2) is 0 Å². The molecule has 0 bridgehead atoms. The minimum Gasteiger partial charge on any atom is -0.469 e. The van der Waals surface area contributed by atoms with Crippen molar-refractivity contribution >= 4 is 5.97 Å². The monoisotopic (exact) mass is 374 g/mol. The number of carbonyl (C=O) groups excluding carboxylic acids is 1. The lowest BCUT2D eigenvalue weighted by Crippen LogP contribution is -2.46. The molecule has 7 nitrogen and oxygen atoms in total. The molecular formula is C19H34O7. The molecule has 1 aliphatic heterocycles. The lowest BCUT2D eigenvalue weighted by Gasteiger charge is -2.40. The van der Waals surface area contributed by atoms with Crippen LogP contribution in [0.15, 0.2) is 11.6 Å². The average Bonchev–Trinajstić information content (AvgIpc) is 2.62. The Balaban J connectivity index is 2.51.